The van der Waals surface area contributed by atoms with Crippen molar-refractivity contribution in [3.8, 4) is 0 Å². The van der Waals surface area contributed by atoms with Gasteiger partial charge in [-0.15, -0.1) is 0 Å². The summed E-state index contributed by atoms with van der Waals surface area (Å²) < 4.78 is 0. The van der Waals surface area contributed by atoms with E-state index < -0.39 is 4.92 Å². The third kappa shape index (κ3) is 5.13. The van der Waals surface area contributed by atoms with Gasteiger partial charge in [0.25, 0.3) is 11.6 Å². The largest absolute Gasteiger partial charge is 0.312 e. The first-order valence-corrected chi connectivity index (χ1v) is 8.91. The molecule has 0 saturated carbocycles. The molecule has 0 aliphatic rings. The highest BCUT2D eigenvalue weighted by atomic mass is 16.6. The summed E-state index contributed by atoms with van der Waals surface area (Å²) in [5.74, 6) is -0.169. The fourth-order valence-electron chi connectivity index (χ4n) is 2.80. The lowest BCUT2D eigenvalue weighted by Crippen LogP contribution is -2.40. The predicted octanol–water partition coefficient (Wildman–Crippen LogP) is 4.02. The molecule has 0 radical (unpaired) electrons. The van der Waals surface area contributed by atoms with Crippen molar-refractivity contribution in [3.05, 3.63) is 70.3 Å². The second kappa shape index (κ2) is 9.68. The number of nitrogens with one attached hydrogen (secondary N) is 1. The summed E-state index contributed by atoms with van der Waals surface area (Å²) in [4.78, 5) is 25.0. The van der Waals surface area contributed by atoms with Crippen LogP contribution in [0, 0.1) is 10.1 Å². The standard InChI is InChI=1S/C20H25N3O3/c1-3-17(4-2)21-14-15-22(18-8-6-5-7-9-18)20(24)16-10-12-19(13-11-16)23(25)26/h5-13,17,21H,3-4,14-15H2,1-2H3. The average molecular weight is 355 g/mol. The van der Waals surface area contributed by atoms with Gasteiger partial charge in [-0.25, -0.2) is 0 Å². The number of nitro benzene ring substituents is 1. The lowest BCUT2D eigenvalue weighted by atomic mass is 10.1. The van der Waals surface area contributed by atoms with Crippen LogP contribution in [0.2, 0.25) is 0 Å². The molecule has 26 heavy (non-hydrogen) atoms. The van der Waals surface area contributed by atoms with Crippen molar-refractivity contribution in [1.29, 1.82) is 0 Å². The zero-order valence-electron chi connectivity index (χ0n) is 15.2. The Morgan fingerprint density at radius 2 is 1.69 bits per heavy atom. The summed E-state index contributed by atoms with van der Waals surface area (Å²) in [6, 6.07) is 15.6. The van der Waals surface area contributed by atoms with Crippen molar-refractivity contribution < 1.29 is 9.72 Å². The van der Waals surface area contributed by atoms with Crippen LogP contribution >= 0.6 is 0 Å². The van der Waals surface area contributed by atoms with E-state index in [1.165, 1.54) is 24.3 Å². The Balaban J connectivity index is 2.17. The number of carbonyl (C=O) groups is 1. The maximum atomic E-state index is 13.0. The Hall–Kier alpha value is -2.73. The molecule has 0 aliphatic heterocycles. The lowest BCUT2D eigenvalue weighted by Gasteiger charge is -2.24. The Morgan fingerprint density at radius 3 is 2.23 bits per heavy atom. The Labute approximate surface area is 154 Å². The summed E-state index contributed by atoms with van der Waals surface area (Å²) >= 11 is 0. The molecule has 0 atom stereocenters. The number of para-hydroxylation sites is 1. The highest BCUT2D eigenvalue weighted by Gasteiger charge is 2.18. The molecule has 0 aromatic heterocycles. The molecule has 1 N–H and O–H groups in total. The maximum absolute atomic E-state index is 13.0. The summed E-state index contributed by atoms with van der Waals surface area (Å²) in [6.07, 6.45) is 2.08. The smallest absolute Gasteiger partial charge is 0.269 e. The van der Waals surface area contributed by atoms with Gasteiger partial charge in [0, 0.05) is 42.5 Å². The van der Waals surface area contributed by atoms with Gasteiger partial charge in [-0.2, -0.15) is 0 Å². The van der Waals surface area contributed by atoms with Gasteiger partial charge in [0.1, 0.15) is 0 Å². The van der Waals surface area contributed by atoms with E-state index in [1.807, 2.05) is 30.3 Å². The minimum atomic E-state index is -0.469. The summed E-state index contributed by atoms with van der Waals surface area (Å²) in [5, 5.41) is 14.3. The van der Waals surface area contributed by atoms with E-state index >= 15 is 0 Å². The molecule has 2 aromatic rings. The first-order valence-electron chi connectivity index (χ1n) is 8.91. The zero-order valence-corrected chi connectivity index (χ0v) is 15.2. The number of nitrogens with zero attached hydrogens (tertiary/aromatic N) is 2. The molecule has 0 aliphatic carbocycles. The quantitative estimate of drug-likeness (QED) is 0.544. The highest BCUT2D eigenvalue weighted by molar-refractivity contribution is 6.06. The molecule has 2 rings (SSSR count). The number of non-ortho nitro benzene ring substituents is 1. The fourth-order valence-corrected chi connectivity index (χ4v) is 2.80. The van der Waals surface area contributed by atoms with Gasteiger partial charge >= 0.3 is 0 Å². The van der Waals surface area contributed by atoms with Crippen molar-refractivity contribution in [1.82, 2.24) is 5.32 Å². The zero-order chi connectivity index (χ0) is 18.9. The van der Waals surface area contributed by atoms with E-state index in [0.29, 0.717) is 24.7 Å². The molecule has 0 spiro atoms. The molecule has 138 valence electrons. The first kappa shape index (κ1) is 19.6. The number of benzene rings is 2. The van der Waals surface area contributed by atoms with Crippen molar-refractivity contribution in [2.75, 3.05) is 18.0 Å². The van der Waals surface area contributed by atoms with E-state index in [-0.39, 0.29) is 11.6 Å². The van der Waals surface area contributed by atoms with Gasteiger partial charge < -0.3 is 10.2 Å². The minimum Gasteiger partial charge on any atom is -0.312 e. The molecule has 1 amide bonds. The highest BCUT2D eigenvalue weighted by Crippen LogP contribution is 2.18. The van der Waals surface area contributed by atoms with Crippen LogP contribution in [0.1, 0.15) is 37.0 Å². The van der Waals surface area contributed by atoms with E-state index in [0.717, 1.165) is 18.5 Å². The van der Waals surface area contributed by atoms with Crippen LogP contribution < -0.4 is 10.2 Å². The SMILES string of the molecule is CCC(CC)NCCN(C(=O)c1ccc([N+](=O)[O-])cc1)c1ccccc1. The molecule has 6 heteroatoms. The molecule has 0 heterocycles. The van der Waals surface area contributed by atoms with Gasteiger partial charge in [-0.1, -0.05) is 32.0 Å². The monoisotopic (exact) mass is 355 g/mol. The van der Waals surface area contributed by atoms with Crippen LogP contribution in [0.3, 0.4) is 0 Å². The van der Waals surface area contributed by atoms with Crippen LogP contribution in [0.25, 0.3) is 0 Å². The van der Waals surface area contributed by atoms with E-state index in [2.05, 4.69) is 19.2 Å². The van der Waals surface area contributed by atoms with Crippen LogP contribution in [-0.2, 0) is 0 Å². The molecule has 0 saturated heterocycles. The molecular weight excluding hydrogens is 330 g/mol. The summed E-state index contributed by atoms with van der Waals surface area (Å²) in [7, 11) is 0. The molecule has 0 unspecified atom stereocenters. The topological polar surface area (TPSA) is 75.5 Å². The Morgan fingerprint density at radius 1 is 1.08 bits per heavy atom. The second-order valence-electron chi connectivity index (χ2n) is 6.06. The average Bonchev–Trinajstić information content (AvgIpc) is 2.68. The number of hydrogen-bond acceptors (Lipinski definition) is 4. The van der Waals surface area contributed by atoms with Gasteiger partial charge in [-0.3, -0.25) is 14.9 Å². The van der Waals surface area contributed by atoms with Crippen molar-refractivity contribution >= 4 is 17.3 Å². The molecule has 0 bridgehead atoms. The molecular formula is C20H25N3O3. The maximum Gasteiger partial charge on any atom is 0.269 e. The first-order chi connectivity index (χ1) is 12.6. The Bertz CT molecular complexity index is 713. The second-order valence-corrected chi connectivity index (χ2v) is 6.06. The van der Waals surface area contributed by atoms with E-state index in [9.17, 15) is 14.9 Å². The number of hydrogen-bond donors (Lipinski definition) is 1. The molecule has 2 aromatic carbocycles. The summed E-state index contributed by atoms with van der Waals surface area (Å²) in [6.45, 7) is 5.48. The van der Waals surface area contributed by atoms with Gasteiger partial charge in [0.15, 0.2) is 0 Å². The van der Waals surface area contributed by atoms with Crippen LogP contribution in [0.4, 0.5) is 11.4 Å². The molecule has 6 nitrogen and oxygen atoms in total. The normalized spacial score (nSPS) is 10.7. The number of amides is 1. The van der Waals surface area contributed by atoms with Crippen molar-refractivity contribution in [2.24, 2.45) is 0 Å². The van der Waals surface area contributed by atoms with Crippen LogP contribution in [0.15, 0.2) is 54.6 Å². The third-order valence-electron chi connectivity index (χ3n) is 4.39. The minimum absolute atomic E-state index is 0.0248. The number of carbonyl (C=O) groups excluding carboxylic acids is 1. The number of nitro groups is 1. The number of anilines is 1. The van der Waals surface area contributed by atoms with Crippen molar-refractivity contribution in [2.45, 2.75) is 32.7 Å². The summed E-state index contributed by atoms with van der Waals surface area (Å²) in [5.41, 5.74) is 1.22. The lowest BCUT2D eigenvalue weighted by molar-refractivity contribution is -0.384. The van der Waals surface area contributed by atoms with Gasteiger partial charge in [0.2, 0.25) is 0 Å². The van der Waals surface area contributed by atoms with Gasteiger partial charge in [0.05, 0.1) is 4.92 Å². The third-order valence-corrected chi connectivity index (χ3v) is 4.39. The van der Waals surface area contributed by atoms with Crippen LogP contribution in [0.5, 0.6) is 0 Å². The number of rotatable bonds is 9. The molecule has 0 fully saturated rings. The van der Waals surface area contributed by atoms with Crippen LogP contribution in [-0.4, -0.2) is 30.0 Å². The van der Waals surface area contributed by atoms with Crippen molar-refractivity contribution in [3.63, 3.8) is 0 Å². The predicted molar refractivity (Wildman–Crippen MR) is 104 cm³/mol. The van der Waals surface area contributed by atoms with Gasteiger partial charge in [-0.05, 0) is 37.1 Å². The fraction of sp³-hybridized carbons (Fsp3) is 0.350. The Kier molecular flexibility index (Phi) is 7.29. The van der Waals surface area contributed by atoms with E-state index in [4.69, 9.17) is 0 Å². The van der Waals surface area contributed by atoms with E-state index in [1.54, 1.807) is 4.90 Å².